The van der Waals surface area contributed by atoms with Crippen LogP contribution in [-0.2, 0) is 4.79 Å². The molecule has 0 radical (unpaired) electrons. The van der Waals surface area contributed by atoms with E-state index in [2.05, 4.69) is 52.6 Å². The van der Waals surface area contributed by atoms with Crippen LogP contribution < -0.4 is 10.6 Å². The van der Waals surface area contributed by atoms with E-state index in [-0.39, 0.29) is 18.0 Å². The zero-order valence-corrected chi connectivity index (χ0v) is 15.6. The average molecular weight is 352 g/mol. The van der Waals surface area contributed by atoms with Gasteiger partial charge in [0.1, 0.15) is 0 Å². The highest BCUT2D eigenvalue weighted by Gasteiger charge is 2.27. The third-order valence-electron chi connectivity index (χ3n) is 4.91. The van der Waals surface area contributed by atoms with Gasteiger partial charge in [-0.1, -0.05) is 50.2 Å². The highest BCUT2D eigenvalue weighted by Crippen LogP contribution is 2.23. The monoisotopic (exact) mass is 352 g/mol. The molecule has 2 N–H and O–H groups in total. The molecule has 2 aromatic rings. The Morgan fingerprint density at radius 3 is 2.77 bits per heavy atom. The van der Waals surface area contributed by atoms with E-state index in [0.717, 1.165) is 30.8 Å². The molecule has 0 bridgehead atoms. The molecule has 1 saturated heterocycles. The van der Waals surface area contributed by atoms with Gasteiger partial charge in [0.2, 0.25) is 5.91 Å². The number of amides is 1. The van der Waals surface area contributed by atoms with Crippen LogP contribution in [0.1, 0.15) is 37.1 Å². The number of hydrogen-bond donors (Lipinski definition) is 2. The van der Waals surface area contributed by atoms with Gasteiger partial charge < -0.3 is 10.6 Å². The zero-order chi connectivity index (χ0) is 18.4. The lowest BCUT2D eigenvalue weighted by atomic mass is 9.96. The maximum Gasteiger partial charge on any atom is 0.234 e. The fourth-order valence-corrected chi connectivity index (χ4v) is 3.54. The first kappa shape index (κ1) is 18.5. The van der Waals surface area contributed by atoms with Gasteiger partial charge in [-0.25, -0.2) is 0 Å². The summed E-state index contributed by atoms with van der Waals surface area (Å²) in [5, 5.41) is 6.66. The molecule has 0 spiro atoms. The Morgan fingerprint density at radius 1 is 1.27 bits per heavy atom. The molecule has 26 heavy (non-hydrogen) atoms. The van der Waals surface area contributed by atoms with Crippen molar-refractivity contribution in [1.82, 2.24) is 20.5 Å². The molecule has 0 saturated carbocycles. The molecule has 5 nitrogen and oxygen atoms in total. The first-order valence-electron chi connectivity index (χ1n) is 9.34. The van der Waals surface area contributed by atoms with E-state index in [1.54, 1.807) is 6.20 Å². The number of hydrogen-bond acceptors (Lipinski definition) is 4. The van der Waals surface area contributed by atoms with Gasteiger partial charge in [0.05, 0.1) is 12.6 Å². The summed E-state index contributed by atoms with van der Waals surface area (Å²) in [6.07, 6.45) is 3.67. The van der Waals surface area contributed by atoms with Gasteiger partial charge in [-0.2, -0.15) is 0 Å². The Labute approximate surface area is 155 Å². The van der Waals surface area contributed by atoms with Gasteiger partial charge in [0.25, 0.3) is 0 Å². The first-order valence-corrected chi connectivity index (χ1v) is 9.34. The molecule has 138 valence electrons. The van der Waals surface area contributed by atoms with Crippen LogP contribution in [-0.4, -0.2) is 42.0 Å². The number of piperazine rings is 1. The molecule has 3 rings (SSSR count). The summed E-state index contributed by atoms with van der Waals surface area (Å²) >= 11 is 0. The predicted molar refractivity (Wildman–Crippen MR) is 104 cm³/mol. The van der Waals surface area contributed by atoms with Crippen molar-refractivity contribution in [3.63, 3.8) is 0 Å². The number of aromatic nitrogens is 1. The molecule has 1 aromatic heterocycles. The van der Waals surface area contributed by atoms with E-state index < -0.39 is 0 Å². The topological polar surface area (TPSA) is 57.3 Å². The maximum atomic E-state index is 12.8. The van der Waals surface area contributed by atoms with Crippen LogP contribution in [0.2, 0.25) is 0 Å². The van der Waals surface area contributed by atoms with Gasteiger partial charge in [0, 0.05) is 38.1 Å². The van der Waals surface area contributed by atoms with Crippen molar-refractivity contribution in [3.8, 4) is 0 Å². The summed E-state index contributed by atoms with van der Waals surface area (Å²) in [7, 11) is 0. The van der Waals surface area contributed by atoms with Gasteiger partial charge in [-0.3, -0.25) is 14.7 Å². The predicted octanol–water partition coefficient (Wildman–Crippen LogP) is 2.54. The molecular formula is C21H28N4O. The van der Waals surface area contributed by atoms with Crippen molar-refractivity contribution in [2.75, 3.05) is 26.2 Å². The third-order valence-corrected chi connectivity index (χ3v) is 4.91. The Morgan fingerprint density at radius 2 is 2.08 bits per heavy atom. The molecular weight excluding hydrogens is 324 g/mol. The highest BCUT2D eigenvalue weighted by molar-refractivity contribution is 5.78. The lowest BCUT2D eigenvalue weighted by molar-refractivity contribution is -0.124. The number of carbonyl (C=O) groups is 1. The van der Waals surface area contributed by atoms with Crippen molar-refractivity contribution in [2.45, 2.75) is 25.9 Å². The Hall–Kier alpha value is -2.24. The number of nitrogens with zero attached hydrogens (tertiary/aromatic N) is 2. The number of nitrogens with one attached hydrogen (secondary N) is 2. The molecule has 1 aromatic carbocycles. The Balaban J connectivity index is 1.67. The van der Waals surface area contributed by atoms with Crippen LogP contribution in [0.4, 0.5) is 0 Å². The third kappa shape index (κ3) is 4.68. The second-order valence-electron chi connectivity index (χ2n) is 7.18. The lowest BCUT2D eigenvalue weighted by Crippen LogP contribution is -2.50. The molecule has 5 heteroatoms. The summed E-state index contributed by atoms with van der Waals surface area (Å²) in [6, 6.07) is 14.4. The van der Waals surface area contributed by atoms with Gasteiger partial charge in [0.15, 0.2) is 0 Å². The van der Waals surface area contributed by atoms with Gasteiger partial charge in [-0.15, -0.1) is 0 Å². The van der Waals surface area contributed by atoms with E-state index >= 15 is 0 Å². The van der Waals surface area contributed by atoms with Crippen LogP contribution in [0.25, 0.3) is 0 Å². The van der Waals surface area contributed by atoms with Gasteiger partial charge in [-0.05, 0) is 23.1 Å². The van der Waals surface area contributed by atoms with Crippen LogP contribution in [0.5, 0.6) is 0 Å². The van der Waals surface area contributed by atoms with Crippen LogP contribution in [0.15, 0.2) is 54.9 Å². The highest BCUT2D eigenvalue weighted by atomic mass is 16.2. The van der Waals surface area contributed by atoms with E-state index in [9.17, 15) is 4.79 Å². The van der Waals surface area contributed by atoms with E-state index in [1.165, 1.54) is 0 Å². The van der Waals surface area contributed by atoms with Crippen molar-refractivity contribution in [1.29, 1.82) is 0 Å². The van der Waals surface area contributed by atoms with Crippen LogP contribution in [0.3, 0.4) is 0 Å². The van der Waals surface area contributed by atoms with Crippen LogP contribution >= 0.6 is 0 Å². The summed E-state index contributed by atoms with van der Waals surface area (Å²) in [5.41, 5.74) is 2.30. The summed E-state index contributed by atoms with van der Waals surface area (Å²) in [6.45, 7) is 7.27. The van der Waals surface area contributed by atoms with Crippen molar-refractivity contribution >= 4 is 5.91 Å². The Kier molecular flexibility index (Phi) is 6.36. The zero-order valence-electron chi connectivity index (χ0n) is 15.6. The molecule has 2 heterocycles. The van der Waals surface area contributed by atoms with Crippen LogP contribution in [0, 0.1) is 5.92 Å². The molecule has 1 aliphatic rings. The maximum absolute atomic E-state index is 12.8. The second-order valence-corrected chi connectivity index (χ2v) is 7.18. The summed E-state index contributed by atoms with van der Waals surface area (Å²) < 4.78 is 0. The molecule has 1 amide bonds. The van der Waals surface area contributed by atoms with E-state index in [1.807, 2.05) is 30.5 Å². The first-order chi connectivity index (χ1) is 12.6. The SMILES string of the molecule is CC(C)C(NC(=O)CN1CCNCC1c1cccnc1)c1ccccc1. The molecule has 2 unspecified atom stereocenters. The minimum atomic E-state index is 0.0310. The van der Waals surface area contributed by atoms with Crippen molar-refractivity contribution < 1.29 is 4.79 Å². The smallest absolute Gasteiger partial charge is 0.234 e. The van der Waals surface area contributed by atoms with Gasteiger partial charge >= 0.3 is 0 Å². The van der Waals surface area contributed by atoms with E-state index in [0.29, 0.717) is 12.5 Å². The summed E-state index contributed by atoms with van der Waals surface area (Å²) in [4.78, 5) is 19.3. The second kappa shape index (κ2) is 8.92. The molecule has 1 aliphatic heterocycles. The largest absolute Gasteiger partial charge is 0.348 e. The summed E-state index contributed by atoms with van der Waals surface area (Å²) in [5.74, 6) is 0.404. The van der Waals surface area contributed by atoms with Crippen molar-refractivity contribution in [2.24, 2.45) is 5.92 Å². The average Bonchev–Trinajstić information content (AvgIpc) is 2.68. The fourth-order valence-electron chi connectivity index (χ4n) is 3.54. The number of benzene rings is 1. The number of carbonyl (C=O) groups excluding carboxylic acids is 1. The standard InChI is InChI=1S/C21H28N4O/c1-16(2)21(17-7-4-3-5-8-17)24-20(26)15-25-12-11-23-14-19(25)18-9-6-10-22-13-18/h3-10,13,16,19,21,23H,11-12,14-15H2,1-2H3,(H,24,26). The molecule has 1 fully saturated rings. The normalized spacial score (nSPS) is 19.3. The Bertz CT molecular complexity index is 690. The minimum Gasteiger partial charge on any atom is -0.348 e. The van der Waals surface area contributed by atoms with E-state index in [4.69, 9.17) is 0 Å². The number of rotatable bonds is 6. The van der Waals surface area contributed by atoms with Crippen molar-refractivity contribution in [3.05, 3.63) is 66.0 Å². The quantitative estimate of drug-likeness (QED) is 0.839. The number of pyridine rings is 1. The minimum absolute atomic E-state index is 0.0310. The fraction of sp³-hybridized carbons (Fsp3) is 0.429. The molecule has 0 aliphatic carbocycles. The molecule has 2 atom stereocenters. The lowest BCUT2D eigenvalue weighted by Gasteiger charge is -2.36.